The van der Waals surface area contributed by atoms with Gasteiger partial charge >= 0.3 is 13.8 Å². The minimum atomic E-state index is -5.02. The Bertz CT molecular complexity index is 1190. The maximum absolute atomic E-state index is 12.8. The largest absolute Gasteiger partial charge is 0.472 e. The Hall–Kier alpha value is -1.70. The number of allylic oxidation sites excluding steroid dienone is 8. The quantitative estimate of drug-likeness (QED) is 0.0148. The maximum Gasteiger partial charge on any atom is 0.472 e. The average Bonchev–Trinajstić information content (AvgIpc) is 3.24. The summed E-state index contributed by atoms with van der Waals surface area (Å²) < 4.78 is 34.2. The van der Waals surface area contributed by atoms with Crippen molar-refractivity contribution in [3.05, 3.63) is 48.6 Å². The normalized spacial score (nSPS) is 22.6. The summed E-state index contributed by atoms with van der Waals surface area (Å²) in [5.41, 5.74) is 0. The molecule has 0 aromatic carbocycles. The van der Waals surface area contributed by atoms with Crippen LogP contribution in [0, 0.1) is 0 Å². The predicted molar refractivity (Wildman–Crippen MR) is 244 cm³/mol. The zero-order valence-corrected chi connectivity index (χ0v) is 38.8. The number of unbranched alkanes of at least 4 members (excludes halogenated alkanes) is 20. The second kappa shape index (κ2) is 38.7. The van der Waals surface area contributed by atoms with Crippen LogP contribution >= 0.6 is 7.82 Å². The summed E-state index contributed by atoms with van der Waals surface area (Å²) in [4.78, 5) is 23.1. The molecule has 12 nitrogen and oxygen atoms in total. The zero-order chi connectivity index (χ0) is 44.8. The number of aliphatic hydroxyl groups excluding tert-OH is 5. The van der Waals surface area contributed by atoms with Crippen LogP contribution in [-0.2, 0) is 27.9 Å². The van der Waals surface area contributed by atoms with Gasteiger partial charge in [-0.15, -0.1) is 0 Å². The lowest BCUT2D eigenvalue weighted by Crippen LogP contribution is -2.64. The van der Waals surface area contributed by atoms with Crippen LogP contribution in [0.3, 0.4) is 0 Å². The molecule has 0 saturated heterocycles. The van der Waals surface area contributed by atoms with Gasteiger partial charge in [0.05, 0.1) is 13.2 Å². The van der Waals surface area contributed by atoms with Gasteiger partial charge in [0.15, 0.2) is 0 Å². The molecule has 6 unspecified atom stereocenters. The minimum Gasteiger partial charge on any atom is -0.457 e. The summed E-state index contributed by atoms with van der Waals surface area (Å²) in [6.45, 7) is 4.19. The number of esters is 1. The van der Waals surface area contributed by atoms with Crippen LogP contribution < -0.4 is 0 Å². The molecule has 356 valence electrons. The molecule has 13 heteroatoms. The van der Waals surface area contributed by atoms with Gasteiger partial charge in [-0.1, -0.05) is 152 Å². The molecule has 0 aliphatic heterocycles. The van der Waals surface area contributed by atoms with E-state index >= 15 is 0 Å². The maximum atomic E-state index is 12.8. The number of carbonyl (C=O) groups is 1. The molecule has 1 saturated carbocycles. The Labute approximate surface area is 369 Å². The van der Waals surface area contributed by atoms with Crippen molar-refractivity contribution >= 4 is 13.8 Å². The highest BCUT2D eigenvalue weighted by Gasteiger charge is 2.51. The van der Waals surface area contributed by atoms with E-state index in [2.05, 4.69) is 62.5 Å². The van der Waals surface area contributed by atoms with Crippen molar-refractivity contribution in [3.8, 4) is 0 Å². The molecule has 0 aromatic heterocycles. The number of phosphoric ester groups is 1. The van der Waals surface area contributed by atoms with Crippen LogP contribution in [0.1, 0.15) is 187 Å². The third-order valence-corrected chi connectivity index (χ3v) is 11.9. The molecule has 1 rings (SSSR count). The Balaban J connectivity index is 2.36. The number of carbonyl (C=O) groups excluding carboxylic acids is 1. The molecule has 1 fully saturated rings. The summed E-state index contributed by atoms with van der Waals surface area (Å²) in [5.74, 6) is -0.492. The highest BCUT2D eigenvalue weighted by molar-refractivity contribution is 7.47. The van der Waals surface area contributed by atoms with Crippen LogP contribution in [0.25, 0.3) is 0 Å². The summed E-state index contributed by atoms with van der Waals surface area (Å²) >= 11 is 0. The lowest BCUT2D eigenvalue weighted by atomic mass is 9.85. The fraction of sp³-hybridized carbons (Fsp3) is 0.812. The van der Waals surface area contributed by atoms with E-state index in [9.17, 15) is 39.8 Å². The Morgan fingerprint density at radius 2 is 0.918 bits per heavy atom. The van der Waals surface area contributed by atoms with E-state index in [1.165, 1.54) is 77.0 Å². The van der Waals surface area contributed by atoms with Crippen LogP contribution in [0.2, 0.25) is 0 Å². The van der Waals surface area contributed by atoms with Gasteiger partial charge in [-0.05, 0) is 77.0 Å². The van der Waals surface area contributed by atoms with E-state index in [1.807, 2.05) is 0 Å². The van der Waals surface area contributed by atoms with Crippen LogP contribution in [-0.4, -0.2) is 98.9 Å². The van der Waals surface area contributed by atoms with Crippen molar-refractivity contribution in [1.82, 2.24) is 0 Å². The van der Waals surface area contributed by atoms with Crippen molar-refractivity contribution in [1.29, 1.82) is 0 Å². The molecular formula is C48H87O12P. The highest BCUT2D eigenvalue weighted by atomic mass is 31.2. The second-order valence-electron chi connectivity index (χ2n) is 16.6. The molecule has 6 N–H and O–H groups in total. The summed E-state index contributed by atoms with van der Waals surface area (Å²) in [5, 5.41) is 50.2. The zero-order valence-electron chi connectivity index (χ0n) is 38.0. The summed E-state index contributed by atoms with van der Waals surface area (Å²) in [6.07, 6.45) is 34.7. The van der Waals surface area contributed by atoms with Crippen LogP contribution in [0.4, 0.5) is 0 Å². The number of hydrogen-bond donors (Lipinski definition) is 6. The first-order valence-electron chi connectivity index (χ1n) is 24.0. The number of ether oxygens (including phenoxy) is 2. The molecule has 1 aliphatic rings. The van der Waals surface area contributed by atoms with Crippen molar-refractivity contribution in [3.63, 3.8) is 0 Å². The van der Waals surface area contributed by atoms with Gasteiger partial charge in [-0.25, -0.2) is 4.57 Å². The smallest absolute Gasteiger partial charge is 0.457 e. The van der Waals surface area contributed by atoms with E-state index in [4.69, 9.17) is 18.5 Å². The van der Waals surface area contributed by atoms with Crippen LogP contribution in [0.15, 0.2) is 48.6 Å². The minimum absolute atomic E-state index is 0.0877. The van der Waals surface area contributed by atoms with Crippen molar-refractivity contribution in [2.24, 2.45) is 0 Å². The molecule has 0 amide bonds. The van der Waals surface area contributed by atoms with Gasteiger partial charge in [0.25, 0.3) is 0 Å². The van der Waals surface area contributed by atoms with Gasteiger partial charge in [-0.3, -0.25) is 13.8 Å². The Morgan fingerprint density at radius 1 is 0.525 bits per heavy atom. The summed E-state index contributed by atoms with van der Waals surface area (Å²) in [6, 6.07) is 0. The van der Waals surface area contributed by atoms with Gasteiger partial charge < -0.3 is 39.9 Å². The lowest BCUT2D eigenvalue weighted by molar-refractivity contribution is -0.220. The molecular weight excluding hydrogens is 799 g/mol. The van der Waals surface area contributed by atoms with E-state index in [-0.39, 0.29) is 13.0 Å². The van der Waals surface area contributed by atoms with Gasteiger partial charge in [0, 0.05) is 13.0 Å². The molecule has 61 heavy (non-hydrogen) atoms. The standard InChI is InChI=1S/C48H87O12P/c1-3-5-7-9-11-13-15-17-18-19-20-21-22-23-24-25-26-28-30-32-34-36-38-57-39-41(59-42(49)37-35-33-31-29-27-16-14-12-10-8-6-4-2)40-58-61(55,56)60-48-46(53)44(51)43(50)45(52)47(48)54/h12,14-15,17,19-20,22-23,41,43-48,50-54H,3-11,13,16,18,21,24-40H2,1-2H3,(H,55,56)/b14-12-,17-15-,20-19-,23-22-. The molecule has 0 radical (unpaired) electrons. The van der Waals surface area contributed by atoms with E-state index < -0.39 is 63.1 Å². The molecule has 0 spiro atoms. The van der Waals surface area contributed by atoms with Gasteiger partial charge in [-0.2, -0.15) is 0 Å². The molecule has 1 aliphatic carbocycles. The summed E-state index contributed by atoms with van der Waals surface area (Å²) in [7, 11) is -5.02. The first kappa shape index (κ1) is 57.3. The van der Waals surface area contributed by atoms with Gasteiger partial charge in [0.2, 0.25) is 0 Å². The fourth-order valence-corrected chi connectivity index (χ4v) is 8.03. The Morgan fingerprint density at radius 3 is 1.44 bits per heavy atom. The predicted octanol–water partition coefficient (Wildman–Crippen LogP) is 10.0. The van der Waals surface area contributed by atoms with Crippen molar-refractivity contribution in [2.45, 2.75) is 230 Å². The number of hydrogen-bond acceptors (Lipinski definition) is 11. The first-order valence-corrected chi connectivity index (χ1v) is 25.5. The molecule has 0 bridgehead atoms. The first-order chi connectivity index (χ1) is 29.5. The average molecular weight is 887 g/mol. The Kier molecular flexibility index (Phi) is 36.4. The van der Waals surface area contributed by atoms with E-state index in [0.29, 0.717) is 13.0 Å². The van der Waals surface area contributed by atoms with Crippen LogP contribution in [0.5, 0.6) is 0 Å². The number of aliphatic hydroxyl groups is 5. The third-order valence-electron chi connectivity index (χ3n) is 10.9. The molecule has 0 aromatic rings. The van der Waals surface area contributed by atoms with E-state index in [0.717, 1.165) is 83.5 Å². The molecule has 6 atom stereocenters. The molecule has 0 heterocycles. The second-order valence-corrected chi connectivity index (χ2v) is 18.0. The third kappa shape index (κ3) is 30.9. The van der Waals surface area contributed by atoms with Gasteiger partial charge in [0.1, 0.15) is 42.7 Å². The lowest BCUT2D eigenvalue weighted by Gasteiger charge is -2.41. The van der Waals surface area contributed by atoms with E-state index in [1.54, 1.807) is 0 Å². The monoisotopic (exact) mass is 887 g/mol. The SMILES string of the molecule is CCCCC/C=C\CCCCCCCC(=O)OC(COCCCCCCCCC/C=C\C/C=C\C/C=C\CCCCCCC)COP(=O)(O)OC1C(O)C(O)C(O)C(O)C1O. The van der Waals surface area contributed by atoms with Crippen molar-refractivity contribution < 1.29 is 58.3 Å². The number of rotatable bonds is 40. The number of phosphoric acid groups is 1. The fourth-order valence-electron chi connectivity index (χ4n) is 7.06. The van der Waals surface area contributed by atoms with Crippen molar-refractivity contribution in [2.75, 3.05) is 19.8 Å². The highest BCUT2D eigenvalue weighted by Crippen LogP contribution is 2.47. The topological polar surface area (TPSA) is 192 Å².